The molecule has 0 fully saturated rings. The Labute approximate surface area is 188 Å². The van der Waals surface area contributed by atoms with Crippen molar-refractivity contribution < 1.29 is 19.4 Å². The minimum Gasteiger partial charge on any atom is -0.491 e. The molecular formula is C20H25N7O4S. The summed E-state index contributed by atoms with van der Waals surface area (Å²) in [6.07, 6.45) is 2.68. The maximum absolute atomic E-state index is 12.5. The summed E-state index contributed by atoms with van der Waals surface area (Å²) in [4.78, 5) is 28.4. The van der Waals surface area contributed by atoms with E-state index in [9.17, 15) is 9.59 Å². The van der Waals surface area contributed by atoms with Crippen molar-refractivity contribution in [3.8, 4) is 5.75 Å². The fourth-order valence-electron chi connectivity index (χ4n) is 2.73. The van der Waals surface area contributed by atoms with Crippen molar-refractivity contribution in [1.29, 1.82) is 0 Å². The zero-order valence-corrected chi connectivity index (χ0v) is 18.8. The van der Waals surface area contributed by atoms with Gasteiger partial charge in [-0.25, -0.2) is 14.5 Å². The Bertz CT molecular complexity index is 1080. The van der Waals surface area contributed by atoms with Crippen molar-refractivity contribution in [3.63, 3.8) is 0 Å². The number of aryl methyl sites for hydroxylation is 3. The van der Waals surface area contributed by atoms with E-state index < -0.39 is 12.0 Å². The number of carbonyl (C=O) groups is 2. The van der Waals surface area contributed by atoms with E-state index in [1.165, 1.54) is 16.0 Å². The quantitative estimate of drug-likeness (QED) is 0.420. The molecule has 12 heteroatoms. The zero-order chi connectivity index (χ0) is 23.1. The second-order valence-corrected chi connectivity index (χ2v) is 8.68. The molecule has 0 saturated carbocycles. The van der Waals surface area contributed by atoms with Crippen LogP contribution in [0.3, 0.4) is 0 Å². The Balaban J connectivity index is 1.56. The molecule has 3 N–H and O–H groups in total. The predicted molar refractivity (Wildman–Crippen MR) is 119 cm³/mol. The fourth-order valence-corrected chi connectivity index (χ4v) is 3.54. The van der Waals surface area contributed by atoms with E-state index in [-0.39, 0.29) is 6.54 Å². The molecular weight excluding hydrogens is 434 g/mol. The van der Waals surface area contributed by atoms with Gasteiger partial charge < -0.3 is 15.2 Å². The predicted octanol–water partition coefficient (Wildman–Crippen LogP) is 2.99. The van der Waals surface area contributed by atoms with E-state index >= 15 is 0 Å². The topological polar surface area (TPSA) is 144 Å². The summed E-state index contributed by atoms with van der Waals surface area (Å²) in [5.41, 5.74) is 1.62. The van der Waals surface area contributed by atoms with Gasteiger partial charge in [0.1, 0.15) is 12.3 Å². The highest BCUT2D eigenvalue weighted by Crippen LogP contribution is 2.27. The van der Waals surface area contributed by atoms with Crippen LogP contribution < -0.4 is 15.4 Å². The maximum Gasteiger partial charge on any atom is 0.325 e. The smallest absolute Gasteiger partial charge is 0.325 e. The number of hydrogen-bond donors (Lipinski definition) is 3. The Morgan fingerprint density at radius 2 is 2.06 bits per heavy atom. The number of carboxylic acid groups (broad SMARTS) is 1. The number of carbonyl (C=O) groups excluding carboxylic acids is 1. The molecule has 2 aromatic heterocycles. The average Bonchev–Trinajstić information content (AvgIpc) is 3.35. The molecule has 0 bridgehead atoms. The van der Waals surface area contributed by atoms with Crippen molar-refractivity contribution in [2.24, 2.45) is 5.92 Å². The molecule has 1 aromatic carbocycles. The molecule has 0 atom stereocenters. The molecule has 0 aliphatic carbocycles. The van der Waals surface area contributed by atoms with Crippen LogP contribution in [0.1, 0.15) is 30.1 Å². The summed E-state index contributed by atoms with van der Waals surface area (Å²) in [5, 5.41) is 25.9. The van der Waals surface area contributed by atoms with Crippen LogP contribution in [0, 0.1) is 12.8 Å². The number of rotatable bonds is 10. The van der Waals surface area contributed by atoms with Crippen LogP contribution >= 0.6 is 11.3 Å². The van der Waals surface area contributed by atoms with E-state index in [1.807, 2.05) is 19.1 Å². The van der Waals surface area contributed by atoms with Crippen LogP contribution in [-0.4, -0.2) is 48.9 Å². The third kappa shape index (κ3) is 6.74. The van der Waals surface area contributed by atoms with E-state index in [2.05, 4.69) is 45.0 Å². The highest BCUT2D eigenvalue weighted by atomic mass is 32.1. The summed E-state index contributed by atoms with van der Waals surface area (Å²) < 4.78 is 7.07. The standard InChI is InChI=1S/C20H25N7O4S/c1-12(2)11-31-16-8-13(3)4-6-15(16)22-19(30)23-20-21-9-14(32-20)5-7-17-24-25-26-27(17)10-18(28)29/h4,6,8-9,12H,5,7,10-11H2,1-3H3,(H,28,29)(H2,21,22,23,30). The number of aliphatic carboxylic acids is 1. The van der Waals surface area contributed by atoms with Crippen molar-refractivity contribution in [2.45, 2.75) is 40.2 Å². The highest BCUT2D eigenvalue weighted by molar-refractivity contribution is 7.15. The first kappa shape index (κ1) is 23.1. The monoisotopic (exact) mass is 459 g/mol. The minimum absolute atomic E-state index is 0.292. The van der Waals surface area contributed by atoms with Gasteiger partial charge in [-0.3, -0.25) is 10.1 Å². The molecule has 170 valence electrons. The van der Waals surface area contributed by atoms with Crippen molar-refractivity contribution in [1.82, 2.24) is 25.2 Å². The van der Waals surface area contributed by atoms with Gasteiger partial charge in [-0.05, 0) is 47.4 Å². The molecule has 3 rings (SSSR count). The van der Waals surface area contributed by atoms with Crippen LogP contribution in [-0.2, 0) is 24.2 Å². The number of carboxylic acids is 1. The van der Waals surface area contributed by atoms with Gasteiger partial charge in [0.05, 0.1) is 12.3 Å². The SMILES string of the molecule is Cc1ccc(NC(=O)Nc2ncc(CCc3nnnn3CC(=O)O)s2)c(OCC(C)C)c1. The molecule has 32 heavy (non-hydrogen) atoms. The van der Waals surface area contributed by atoms with Crippen molar-refractivity contribution in [2.75, 3.05) is 17.2 Å². The normalized spacial score (nSPS) is 10.9. The van der Waals surface area contributed by atoms with E-state index in [4.69, 9.17) is 9.84 Å². The number of anilines is 2. The second-order valence-electron chi connectivity index (χ2n) is 7.56. The van der Waals surface area contributed by atoms with Gasteiger partial charge in [0.15, 0.2) is 11.0 Å². The third-order valence-electron chi connectivity index (χ3n) is 4.22. The summed E-state index contributed by atoms with van der Waals surface area (Å²) in [6, 6.07) is 5.17. The number of thiazole rings is 1. The van der Waals surface area contributed by atoms with Crippen LogP contribution in [0.25, 0.3) is 0 Å². The molecule has 2 amide bonds. The highest BCUT2D eigenvalue weighted by Gasteiger charge is 2.13. The van der Waals surface area contributed by atoms with Crippen molar-refractivity contribution >= 4 is 34.2 Å². The lowest BCUT2D eigenvalue weighted by Crippen LogP contribution is -2.20. The van der Waals surface area contributed by atoms with Gasteiger partial charge in [0.2, 0.25) is 0 Å². The van der Waals surface area contributed by atoms with Crippen LogP contribution in [0.15, 0.2) is 24.4 Å². The Morgan fingerprint density at radius 3 is 2.81 bits per heavy atom. The number of ether oxygens (including phenoxy) is 1. The van der Waals surface area contributed by atoms with Crippen LogP contribution in [0.5, 0.6) is 5.75 Å². The number of tetrazole rings is 1. The molecule has 0 aliphatic heterocycles. The lowest BCUT2D eigenvalue weighted by atomic mass is 10.2. The molecule has 0 aliphatic rings. The maximum atomic E-state index is 12.5. The molecule has 0 saturated heterocycles. The van der Waals surface area contributed by atoms with Crippen molar-refractivity contribution in [3.05, 3.63) is 40.7 Å². The van der Waals surface area contributed by atoms with Gasteiger partial charge in [-0.2, -0.15) is 0 Å². The lowest BCUT2D eigenvalue weighted by Gasteiger charge is -2.14. The average molecular weight is 460 g/mol. The Morgan fingerprint density at radius 1 is 1.25 bits per heavy atom. The number of hydrogen-bond acceptors (Lipinski definition) is 8. The van der Waals surface area contributed by atoms with Gasteiger partial charge in [0.25, 0.3) is 0 Å². The third-order valence-corrected chi connectivity index (χ3v) is 5.19. The van der Waals surface area contributed by atoms with Crippen LogP contribution in [0.2, 0.25) is 0 Å². The van der Waals surface area contributed by atoms with E-state index in [1.54, 1.807) is 12.3 Å². The number of amides is 2. The zero-order valence-electron chi connectivity index (χ0n) is 18.0. The van der Waals surface area contributed by atoms with Gasteiger partial charge in [0, 0.05) is 17.5 Å². The minimum atomic E-state index is -1.01. The number of nitrogens with zero attached hydrogens (tertiary/aromatic N) is 5. The molecule has 2 heterocycles. The summed E-state index contributed by atoms with van der Waals surface area (Å²) in [5.74, 6) is 0.439. The lowest BCUT2D eigenvalue weighted by molar-refractivity contribution is -0.138. The molecule has 3 aromatic rings. The van der Waals surface area contributed by atoms with Gasteiger partial charge in [-0.15, -0.1) is 16.4 Å². The Kier molecular flexibility index (Phi) is 7.71. The number of benzene rings is 1. The first-order valence-electron chi connectivity index (χ1n) is 10.0. The van der Waals surface area contributed by atoms with E-state index in [0.717, 1.165) is 10.4 Å². The summed E-state index contributed by atoms with van der Waals surface area (Å²) in [7, 11) is 0. The summed E-state index contributed by atoms with van der Waals surface area (Å²) >= 11 is 1.33. The fraction of sp³-hybridized carbons (Fsp3) is 0.400. The van der Waals surface area contributed by atoms with Gasteiger partial charge in [-0.1, -0.05) is 19.9 Å². The summed E-state index contributed by atoms with van der Waals surface area (Å²) in [6.45, 7) is 6.33. The van der Waals surface area contributed by atoms with Gasteiger partial charge >= 0.3 is 12.0 Å². The molecule has 0 radical (unpaired) electrons. The second kappa shape index (κ2) is 10.7. The Hall–Kier alpha value is -3.54. The van der Waals surface area contributed by atoms with Crippen LogP contribution in [0.4, 0.5) is 15.6 Å². The molecule has 11 nitrogen and oxygen atoms in total. The molecule has 0 spiro atoms. The number of nitrogens with one attached hydrogen (secondary N) is 2. The first-order chi connectivity index (χ1) is 15.3. The largest absolute Gasteiger partial charge is 0.491 e. The van der Waals surface area contributed by atoms with E-state index in [0.29, 0.717) is 47.8 Å². The number of aromatic nitrogens is 5. The first-order valence-corrected chi connectivity index (χ1v) is 10.8. The molecule has 0 unspecified atom stereocenters. The number of urea groups is 1.